The van der Waals surface area contributed by atoms with E-state index in [1.54, 1.807) is 0 Å². The van der Waals surface area contributed by atoms with E-state index >= 15 is 0 Å². The minimum atomic E-state index is 0.0562. The molecule has 6 nitrogen and oxygen atoms in total. The highest BCUT2D eigenvalue weighted by Crippen LogP contribution is 2.25. The molecule has 1 N–H and O–H groups in total. The highest BCUT2D eigenvalue weighted by molar-refractivity contribution is 7.99. The van der Waals surface area contributed by atoms with Crippen molar-refractivity contribution >= 4 is 35.1 Å². The van der Waals surface area contributed by atoms with Crippen molar-refractivity contribution in [3.63, 3.8) is 0 Å². The number of likely N-dealkylation sites (tertiary alicyclic amines) is 1. The molecule has 0 bridgehead atoms. The van der Waals surface area contributed by atoms with E-state index < -0.39 is 0 Å². The summed E-state index contributed by atoms with van der Waals surface area (Å²) >= 11 is 7.58. The van der Waals surface area contributed by atoms with Crippen molar-refractivity contribution in [3.8, 4) is 0 Å². The average Bonchev–Trinajstić information content (AvgIpc) is 2.67. The molecule has 2 aliphatic rings. The molecule has 2 fully saturated rings. The molecule has 1 saturated carbocycles. The molecule has 8 heteroatoms. The Labute approximate surface area is 171 Å². The molecule has 1 aromatic heterocycles. The van der Waals surface area contributed by atoms with Crippen molar-refractivity contribution in [1.82, 2.24) is 20.2 Å². The van der Waals surface area contributed by atoms with Gasteiger partial charge in [-0.2, -0.15) is 0 Å². The Morgan fingerprint density at radius 3 is 2.67 bits per heavy atom. The van der Waals surface area contributed by atoms with Crippen molar-refractivity contribution in [1.29, 1.82) is 0 Å². The van der Waals surface area contributed by atoms with Crippen LogP contribution in [0.25, 0.3) is 0 Å². The minimum Gasteiger partial charge on any atom is -0.356 e. The van der Waals surface area contributed by atoms with E-state index in [4.69, 9.17) is 11.6 Å². The van der Waals surface area contributed by atoms with E-state index in [1.807, 2.05) is 6.07 Å². The third-order valence-electron chi connectivity index (χ3n) is 5.56. The Balaban J connectivity index is 1.55. The summed E-state index contributed by atoms with van der Waals surface area (Å²) in [4.78, 5) is 25.7. The maximum Gasteiger partial charge on any atom is 0.230 e. The van der Waals surface area contributed by atoms with Crippen LogP contribution in [0, 0.1) is 0 Å². The zero-order valence-corrected chi connectivity index (χ0v) is 17.9. The largest absolute Gasteiger partial charge is 0.356 e. The lowest BCUT2D eigenvalue weighted by molar-refractivity contribution is -0.119. The molecular formula is C19H30ClN5OS. The molecule has 0 atom stereocenters. The Morgan fingerprint density at radius 2 is 1.96 bits per heavy atom. The number of carbonyl (C=O) groups is 1. The second-order valence-corrected chi connectivity index (χ2v) is 9.00. The first kappa shape index (κ1) is 20.7. The number of aromatic nitrogens is 2. The molecule has 1 aliphatic carbocycles. The third-order valence-corrected chi connectivity index (χ3v) is 6.60. The summed E-state index contributed by atoms with van der Waals surface area (Å²) in [6.45, 7) is 2.19. The standard InChI is InChI=1S/C19H30ClN5OS/c1-24-10-8-15(9-11-24)25(2)17-12-16(20)22-19(23-17)27-13-18(26)21-14-6-4-3-5-7-14/h12,14-15H,3-11,13H2,1-2H3,(H,21,26). The second kappa shape index (κ2) is 9.94. The van der Waals surface area contributed by atoms with E-state index in [2.05, 4.69) is 39.2 Å². The number of hydrogen-bond acceptors (Lipinski definition) is 6. The van der Waals surface area contributed by atoms with Gasteiger partial charge in [0.25, 0.3) is 0 Å². The second-order valence-electron chi connectivity index (χ2n) is 7.67. The average molecular weight is 412 g/mol. The van der Waals surface area contributed by atoms with Crippen molar-refractivity contribution in [2.24, 2.45) is 0 Å². The van der Waals surface area contributed by atoms with E-state index in [9.17, 15) is 4.79 Å². The highest BCUT2D eigenvalue weighted by atomic mass is 35.5. The zero-order valence-electron chi connectivity index (χ0n) is 16.3. The van der Waals surface area contributed by atoms with Crippen LogP contribution in [0.15, 0.2) is 11.2 Å². The maximum atomic E-state index is 12.2. The Kier molecular flexibility index (Phi) is 7.61. The Bertz CT molecular complexity index is 633. The monoisotopic (exact) mass is 411 g/mol. The molecule has 1 aromatic rings. The van der Waals surface area contributed by atoms with Gasteiger partial charge in [0.05, 0.1) is 5.75 Å². The summed E-state index contributed by atoms with van der Waals surface area (Å²) in [7, 11) is 4.23. The van der Waals surface area contributed by atoms with E-state index in [1.165, 1.54) is 31.0 Å². The lowest BCUT2D eigenvalue weighted by atomic mass is 9.95. The number of anilines is 1. The Hall–Kier alpha value is -1.05. The van der Waals surface area contributed by atoms with Crippen molar-refractivity contribution in [3.05, 3.63) is 11.2 Å². The molecule has 150 valence electrons. The molecule has 0 unspecified atom stereocenters. The molecule has 1 aliphatic heterocycles. The number of halogens is 1. The van der Waals surface area contributed by atoms with Crippen LogP contribution < -0.4 is 10.2 Å². The molecule has 1 amide bonds. The zero-order chi connectivity index (χ0) is 19.2. The van der Waals surface area contributed by atoms with E-state index in [0.29, 0.717) is 28.1 Å². The number of nitrogens with zero attached hydrogens (tertiary/aromatic N) is 4. The van der Waals surface area contributed by atoms with Gasteiger partial charge in [0.15, 0.2) is 5.16 Å². The fourth-order valence-corrected chi connectivity index (χ4v) is 4.74. The SMILES string of the molecule is CN1CCC(N(C)c2cc(Cl)nc(SCC(=O)NC3CCCCC3)n2)CC1. The Morgan fingerprint density at radius 1 is 1.26 bits per heavy atom. The van der Waals surface area contributed by atoms with Crippen molar-refractivity contribution < 1.29 is 4.79 Å². The fourth-order valence-electron chi connectivity index (χ4n) is 3.85. The van der Waals surface area contributed by atoms with Crippen LogP contribution >= 0.6 is 23.4 Å². The molecular weight excluding hydrogens is 382 g/mol. The summed E-state index contributed by atoms with van der Waals surface area (Å²) in [5.74, 6) is 1.22. The van der Waals surface area contributed by atoms with Gasteiger partial charge in [0.1, 0.15) is 11.0 Å². The lowest BCUT2D eigenvalue weighted by Crippen LogP contribution is -2.42. The summed E-state index contributed by atoms with van der Waals surface area (Å²) in [6, 6.07) is 2.60. The van der Waals surface area contributed by atoms with Crippen LogP contribution in [-0.2, 0) is 4.79 Å². The van der Waals surface area contributed by atoms with E-state index in [-0.39, 0.29) is 5.91 Å². The summed E-state index contributed by atoms with van der Waals surface area (Å²) in [6.07, 6.45) is 8.11. The topological polar surface area (TPSA) is 61.4 Å². The number of amides is 1. The maximum absolute atomic E-state index is 12.2. The predicted octanol–water partition coefficient (Wildman–Crippen LogP) is 3.20. The smallest absolute Gasteiger partial charge is 0.230 e. The molecule has 0 radical (unpaired) electrons. The molecule has 2 heterocycles. The molecule has 1 saturated heterocycles. The van der Waals surface area contributed by atoms with Crippen LogP contribution in [0.2, 0.25) is 5.15 Å². The number of carbonyl (C=O) groups excluding carboxylic acids is 1. The summed E-state index contributed by atoms with van der Waals surface area (Å²) < 4.78 is 0. The van der Waals surface area contributed by atoms with Gasteiger partial charge in [0.2, 0.25) is 5.91 Å². The van der Waals surface area contributed by atoms with Crippen LogP contribution in [0.4, 0.5) is 5.82 Å². The van der Waals surface area contributed by atoms with Gasteiger partial charge in [-0.25, -0.2) is 9.97 Å². The lowest BCUT2D eigenvalue weighted by Gasteiger charge is -2.35. The number of nitrogens with one attached hydrogen (secondary N) is 1. The predicted molar refractivity (Wildman–Crippen MR) is 112 cm³/mol. The van der Waals surface area contributed by atoms with Crippen LogP contribution in [-0.4, -0.2) is 65.8 Å². The van der Waals surface area contributed by atoms with Gasteiger partial charge in [-0.15, -0.1) is 0 Å². The highest BCUT2D eigenvalue weighted by Gasteiger charge is 2.22. The number of hydrogen-bond donors (Lipinski definition) is 1. The molecule has 0 aromatic carbocycles. The fraction of sp³-hybridized carbons (Fsp3) is 0.737. The molecule has 3 rings (SSSR count). The first-order valence-corrected chi connectivity index (χ1v) is 11.3. The molecule has 0 spiro atoms. The van der Waals surface area contributed by atoms with Crippen LogP contribution in [0.3, 0.4) is 0 Å². The van der Waals surface area contributed by atoms with Crippen LogP contribution in [0.1, 0.15) is 44.9 Å². The van der Waals surface area contributed by atoms with Gasteiger partial charge in [0, 0.05) is 25.2 Å². The van der Waals surface area contributed by atoms with Crippen molar-refractivity contribution in [2.45, 2.75) is 62.2 Å². The number of thioether (sulfide) groups is 1. The van der Waals surface area contributed by atoms with Gasteiger partial charge in [-0.1, -0.05) is 42.6 Å². The quantitative estimate of drug-likeness (QED) is 0.440. The normalized spacial score (nSPS) is 19.8. The third kappa shape index (κ3) is 6.22. The first-order chi connectivity index (χ1) is 13.0. The van der Waals surface area contributed by atoms with E-state index in [0.717, 1.165) is 44.6 Å². The summed E-state index contributed by atoms with van der Waals surface area (Å²) in [5.41, 5.74) is 0. The van der Waals surface area contributed by atoms with Crippen LogP contribution in [0.5, 0.6) is 0 Å². The number of rotatable bonds is 6. The van der Waals surface area contributed by atoms with Gasteiger partial charge in [-0.3, -0.25) is 4.79 Å². The first-order valence-electron chi connectivity index (χ1n) is 9.89. The number of piperidine rings is 1. The van der Waals surface area contributed by atoms with Gasteiger partial charge >= 0.3 is 0 Å². The van der Waals surface area contributed by atoms with Gasteiger partial charge in [-0.05, 0) is 45.8 Å². The van der Waals surface area contributed by atoms with Gasteiger partial charge < -0.3 is 15.1 Å². The minimum absolute atomic E-state index is 0.0562. The summed E-state index contributed by atoms with van der Waals surface area (Å²) in [5, 5.41) is 4.13. The molecule has 27 heavy (non-hydrogen) atoms. The van der Waals surface area contributed by atoms with Crippen molar-refractivity contribution in [2.75, 3.05) is 37.8 Å².